The van der Waals surface area contributed by atoms with E-state index in [1.807, 2.05) is 24.3 Å². The van der Waals surface area contributed by atoms with Crippen LogP contribution in [0.15, 0.2) is 53.5 Å². The summed E-state index contributed by atoms with van der Waals surface area (Å²) in [6.07, 6.45) is 0.992. The molecule has 142 valence electrons. The highest BCUT2D eigenvalue weighted by Crippen LogP contribution is 2.37. The Morgan fingerprint density at radius 3 is 2.59 bits per heavy atom. The van der Waals surface area contributed by atoms with E-state index < -0.39 is 9.84 Å². The van der Waals surface area contributed by atoms with E-state index in [1.54, 1.807) is 11.8 Å². The fraction of sp³-hybridized carbons (Fsp3) is 0.350. The first-order chi connectivity index (χ1) is 12.9. The molecule has 27 heavy (non-hydrogen) atoms. The largest absolute Gasteiger partial charge is 0.317 e. The smallest absolute Gasteiger partial charge is 0.164 e. The number of aryl methyl sites for hydroxylation is 1. The third kappa shape index (κ3) is 4.18. The van der Waals surface area contributed by atoms with Gasteiger partial charge in [-0.2, -0.15) is 0 Å². The normalized spacial score (nSPS) is 23.1. The van der Waals surface area contributed by atoms with Crippen molar-refractivity contribution in [2.45, 2.75) is 31.2 Å². The van der Waals surface area contributed by atoms with Gasteiger partial charge < -0.3 is 4.90 Å². The van der Waals surface area contributed by atoms with Crippen LogP contribution >= 0.6 is 23.4 Å². The minimum atomic E-state index is -2.96. The van der Waals surface area contributed by atoms with E-state index in [0.717, 1.165) is 22.8 Å². The number of rotatable bonds is 4. The van der Waals surface area contributed by atoms with Gasteiger partial charge in [-0.15, -0.1) is 0 Å². The predicted molar refractivity (Wildman–Crippen MR) is 115 cm³/mol. The quantitative estimate of drug-likeness (QED) is 0.744. The van der Waals surface area contributed by atoms with Crippen molar-refractivity contribution in [3.8, 4) is 0 Å². The highest BCUT2D eigenvalue weighted by molar-refractivity contribution is 8.15. The van der Waals surface area contributed by atoms with Gasteiger partial charge in [0.15, 0.2) is 15.0 Å². The lowest BCUT2D eigenvalue weighted by molar-refractivity contribution is 0.601. The first-order valence-electron chi connectivity index (χ1n) is 8.99. The first-order valence-corrected chi connectivity index (χ1v) is 12.1. The summed E-state index contributed by atoms with van der Waals surface area (Å²) in [5, 5.41) is 1.63. The Morgan fingerprint density at radius 1 is 1.15 bits per heavy atom. The molecule has 4 nitrogen and oxygen atoms in total. The van der Waals surface area contributed by atoms with Crippen LogP contribution in [0.4, 0.5) is 5.69 Å². The molecule has 1 saturated heterocycles. The maximum absolute atomic E-state index is 11.9. The van der Waals surface area contributed by atoms with Gasteiger partial charge >= 0.3 is 0 Å². The van der Waals surface area contributed by atoms with Crippen LogP contribution in [-0.2, 0) is 22.8 Å². The Kier molecular flexibility index (Phi) is 5.23. The molecule has 0 saturated carbocycles. The van der Waals surface area contributed by atoms with Gasteiger partial charge in [-0.05, 0) is 41.8 Å². The van der Waals surface area contributed by atoms with Crippen LogP contribution in [0.3, 0.4) is 0 Å². The summed E-state index contributed by atoms with van der Waals surface area (Å²) in [5.74, 6) is 0.378. The van der Waals surface area contributed by atoms with E-state index in [-0.39, 0.29) is 22.8 Å². The van der Waals surface area contributed by atoms with Crippen molar-refractivity contribution >= 4 is 44.1 Å². The third-order valence-corrected chi connectivity index (χ3v) is 8.40. The number of hydrogen-bond donors (Lipinski definition) is 0. The van der Waals surface area contributed by atoms with Crippen LogP contribution in [-0.4, -0.2) is 36.4 Å². The maximum atomic E-state index is 11.9. The van der Waals surface area contributed by atoms with Crippen molar-refractivity contribution in [2.24, 2.45) is 4.99 Å². The van der Waals surface area contributed by atoms with Gasteiger partial charge in [0, 0.05) is 16.0 Å². The number of anilines is 1. The average molecular weight is 421 g/mol. The van der Waals surface area contributed by atoms with E-state index >= 15 is 0 Å². The molecule has 0 bridgehead atoms. The van der Waals surface area contributed by atoms with Crippen LogP contribution in [0, 0.1) is 0 Å². The van der Waals surface area contributed by atoms with E-state index in [9.17, 15) is 8.42 Å². The Bertz CT molecular complexity index is 974. The fourth-order valence-corrected chi connectivity index (χ4v) is 7.46. The molecule has 0 aromatic heterocycles. The number of fused-ring (bicyclic) bond motifs is 1. The van der Waals surface area contributed by atoms with Crippen molar-refractivity contribution in [2.75, 3.05) is 16.4 Å². The van der Waals surface area contributed by atoms with Crippen LogP contribution in [0.1, 0.15) is 18.1 Å². The van der Waals surface area contributed by atoms with E-state index in [2.05, 4.69) is 36.1 Å². The zero-order valence-corrected chi connectivity index (χ0v) is 17.4. The molecule has 1 fully saturated rings. The fourth-order valence-electron chi connectivity index (χ4n) is 3.47. The number of aliphatic imine (C=N–C) groups is 1. The van der Waals surface area contributed by atoms with Crippen LogP contribution in [0.2, 0.25) is 5.02 Å². The van der Waals surface area contributed by atoms with Crippen LogP contribution in [0.5, 0.6) is 0 Å². The van der Waals surface area contributed by atoms with Crippen LogP contribution in [0.25, 0.3) is 0 Å². The lowest BCUT2D eigenvalue weighted by Gasteiger charge is -2.25. The molecule has 0 radical (unpaired) electrons. The Hall–Kier alpha value is -1.50. The average Bonchev–Trinajstić information content (AvgIpc) is 3.13. The first kappa shape index (κ1) is 18.8. The molecule has 2 heterocycles. The lowest BCUT2D eigenvalue weighted by Crippen LogP contribution is -2.28. The molecule has 7 heteroatoms. The van der Waals surface area contributed by atoms with E-state index in [1.165, 1.54) is 5.56 Å². The predicted octanol–water partition coefficient (Wildman–Crippen LogP) is 4.18. The van der Waals surface area contributed by atoms with Gasteiger partial charge in [0.25, 0.3) is 0 Å². The van der Waals surface area contributed by atoms with Crippen LogP contribution < -0.4 is 4.90 Å². The summed E-state index contributed by atoms with van der Waals surface area (Å²) >= 11 is 7.75. The maximum Gasteiger partial charge on any atom is 0.164 e. The number of benzene rings is 2. The number of sulfone groups is 1. The summed E-state index contributed by atoms with van der Waals surface area (Å²) in [5.41, 5.74) is 3.43. The van der Waals surface area contributed by atoms with Crippen molar-refractivity contribution in [1.82, 2.24) is 0 Å². The topological polar surface area (TPSA) is 49.7 Å². The molecule has 0 N–H and O–H groups in total. The van der Waals surface area contributed by atoms with Gasteiger partial charge in [-0.3, -0.25) is 4.99 Å². The van der Waals surface area contributed by atoms with Crippen molar-refractivity contribution in [1.29, 1.82) is 0 Å². The molecule has 2 aromatic rings. The summed E-state index contributed by atoms with van der Waals surface area (Å²) in [6, 6.07) is 16.2. The van der Waals surface area contributed by atoms with Crippen molar-refractivity contribution in [3.05, 3.63) is 64.7 Å². The second kappa shape index (κ2) is 7.49. The van der Waals surface area contributed by atoms with Gasteiger partial charge in [-0.1, -0.05) is 54.6 Å². The Morgan fingerprint density at radius 2 is 1.93 bits per heavy atom. The molecule has 2 aromatic carbocycles. The molecule has 2 atom stereocenters. The van der Waals surface area contributed by atoms with Crippen molar-refractivity contribution < 1.29 is 8.42 Å². The second-order valence-electron chi connectivity index (χ2n) is 6.95. The minimum absolute atomic E-state index is 0.0294. The highest BCUT2D eigenvalue weighted by Gasteiger charge is 2.44. The standard InChI is InChI=1S/C20H21ClN2O2S2/c1-2-14-6-8-17(9-7-14)23(11-15-4-3-5-16(21)10-15)20-22-18-12-27(24,25)13-19(18)26-20/h3-10,18-19H,2,11-13H2,1H3. The summed E-state index contributed by atoms with van der Waals surface area (Å²) in [4.78, 5) is 6.94. The van der Waals surface area contributed by atoms with E-state index in [0.29, 0.717) is 11.6 Å². The molecule has 0 amide bonds. The SMILES string of the molecule is CCc1ccc(N(Cc2cccc(Cl)c2)C2=NC3CS(=O)(=O)CC3S2)cc1. The van der Waals surface area contributed by atoms with Crippen molar-refractivity contribution in [3.63, 3.8) is 0 Å². The highest BCUT2D eigenvalue weighted by atomic mass is 35.5. The molecular formula is C20H21ClN2O2S2. The molecular weight excluding hydrogens is 400 g/mol. The summed E-state index contributed by atoms with van der Waals surface area (Å²) < 4.78 is 23.8. The molecule has 2 aliphatic heterocycles. The van der Waals surface area contributed by atoms with Gasteiger partial charge in [0.2, 0.25) is 0 Å². The third-order valence-electron chi connectivity index (χ3n) is 4.92. The molecule has 2 unspecified atom stereocenters. The summed E-state index contributed by atoms with van der Waals surface area (Å²) in [6.45, 7) is 2.78. The Labute approximate surface area is 169 Å². The molecule has 0 spiro atoms. The minimum Gasteiger partial charge on any atom is -0.317 e. The van der Waals surface area contributed by atoms with Gasteiger partial charge in [0.05, 0.1) is 24.1 Å². The number of thioether (sulfide) groups is 1. The number of amidine groups is 1. The molecule has 4 rings (SSSR count). The van der Waals surface area contributed by atoms with Gasteiger partial charge in [-0.25, -0.2) is 8.42 Å². The monoisotopic (exact) mass is 420 g/mol. The summed E-state index contributed by atoms with van der Waals surface area (Å²) in [7, 11) is -2.96. The lowest BCUT2D eigenvalue weighted by atomic mass is 10.1. The van der Waals surface area contributed by atoms with E-state index in [4.69, 9.17) is 16.6 Å². The Balaban J connectivity index is 1.66. The zero-order valence-electron chi connectivity index (χ0n) is 15.0. The number of hydrogen-bond acceptors (Lipinski definition) is 5. The van der Waals surface area contributed by atoms with Gasteiger partial charge in [0.1, 0.15) is 0 Å². The zero-order chi connectivity index (χ0) is 19.0. The number of halogens is 1. The second-order valence-corrected chi connectivity index (χ2v) is 10.7. The molecule has 2 aliphatic rings. The molecule has 0 aliphatic carbocycles. The number of nitrogens with zero attached hydrogens (tertiary/aromatic N) is 2.